The highest BCUT2D eigenvalue weighted by Crippen LogP contribution is 2.36. The lowest BCUT2D eigenvalue weighted by molar-refractivity contribution is -0.136. The van der Waals surface area contributed by atoms with Crippen LogP contribution in [0.15, 0.2) is 42.9 Å². The fourth-order valence-corrected chi connectivity index (χ4v) is 5.25. The standard InChI is InChI=1S/C24H29ClN6O/c1-15(2)27-11-21(16-3-5-17(25)6-4-16)24(32)31-18-7-8-19(31)13-30(12-18)23-20-9-10-26-22(20)28-14-29-23/h3-6,9-10,14-15,18-19,21,27H,7-8,11-13H2,1-2H3,(H,26,28,29). The van der Waals surface area contributed by atoms with Crippen LogP contribution in [0.25, 0.3) is 11.0 Å². The number of amides is 1. The third kappa shape index (κ3) is 3.95. The second-order valence-electron chi connectivity index (χ2n) is 9.14. The molecule has 0 saturated carbocycles. The number of aromatic amines is 1. The van der Waals surface area contributed by atoms with Crippen LogP contribution in [0.2, 0.25) is 5.02 Å². The van der Waals surface area contributed by atoms with Crippen molar-refractivity contribution >= 4 is 34.4 Å². The van der Waals surface area contributed by atoms with Crippen molar-refractivity contribution in [2.24, 2.45) is 0 Å². The van der Waals surface area contributed by atoms with Crippen LogP contribution in [0.3, 0.4) is 0 Å². The summed E-state index contributed by atoms with van der Waals surface area (Å²) in [7, 11) is 0. The third-order valence-electron chi connectivity index (χ3n) is 6.67. The summed E-state index contributed by atoms with van der Waals surface area (Å²) in [5, 5.41) is 5.19. The molecule has 2 saturated heterocycles. The molecule has 0 spiro atoms. The van der Waals surface area contributed by atoms with E-state index in [4.69, 9.17) is 11.6 Å². The van der Waals surface area contributed by atoms with Crippen molar-refractivity contribution < 1.29 is 4.79 Å². The summed E-state index contributed by atoms with van der Waals surface area (Å²) in [5.74, 6) is 0.942. The van der Waals surface area contributed by atoms with Gasteiger partial charge in [0, 0.05) is 49.0 Å². The van der Waals surface area contributed by atoms with Crippen LogP contribution in [0.4, 0.5) is 5.82 Å². The van der Waals surface area contributed by atoms with E-state index in [9.17, 15) is 4.79 Å². The van der Waals surface area contributed by atoms with Gasteiger partial charge in [0.25, 0.3) is 0 Å². The van der Waals surface area contributed by atoms with Crippen LogP contribution in [0, 0.1) is 0 Å². The van der Waals surface area contributed by atoms with Gasteiger partial charge in [0.2, 0.25) is 5.91 Å². The van der Waals surface area contributed by atoms with E-state index in [1.807, 2.05) is 36.5 Å². The van der Waals surface area contributed by atoms with Crippen LogP contribution in [0.1, 0.15) is 38.2 Å². The van der Waals surface area contributed by atoms with Crippen LogP contribution >= 0.6 is 11.6 Å². The first-order valence-electron chi connectivity index (χ1n) is 11.4. The summed E-state index contributed by atoms with van der Waals surface area (Å²) in [5.41, 5.74) is 1.86. The molecule has 3 aromatic rings. The van der Waals surface area contributed by atoms with Crippen molar-refractivity contribution in [2.75, 3.05) is 24.5 Å². The average molecular weight is 453 g/mol. The Hall–Kier alpha value is -2.64. The monoisotopic (exact) mass is 452 g/mol. The van der Waals surface area contributed by atoms with Gasteiger partial charge in [-0.1, -0.05) is 37.6 Å². The number of piperazine rings is 1. The Labute approximate surface area is 193 Å². The Balaban J connectivity index is 1.39. The normalized spacial score (nSPS) is 21.5. The zero-order valence-electron chi connectivity index (χ0n) is 18.5. The van der Waals surface area contributed by atoms with E-state index in [-0.39, 0.29) is 23.9 Å². The molecular formula is C24H29ClN6O. The molecular weight excluding hydrogens is 424 g/mol. The molecule has 2 aromatic heterocycles. The number of hydrogen-bond acceptors (Lipinski definition) is 5. The lowest BCUT2D eigenvalue weighted by atomic mass is 9.95. The number of aromatic nitrogens is 3. The number of carbonyl (C=O) groups excluding carboxylic acids is 1. The summed E-state index contributed by atoms with van der Waals surface area (Å²) < 4.78 is 0. The second-order valence-corrected chi connectivity index (χ2v) is 9.58. The number of nitrogens with zero attached hydrogens (tertiary/aromatic N) is 4. The summed E-state index contributed by atoms with van der Waals surface area (Å²) >= 11 is 6.11. The molecule has 2 fully saturated rings. The summed E-state index contributed by atoms with van der Waals surface area (Å²) in [6.45, 7) is 6.42. The summed E-state index contributed by atoms with van der Waals surface area (Å²) in [6.07, 6.45) is 5.57. The van der Waals surface area contributed by atoms with Crippen molar-refractivity contribution in [3.63, 3.8) is 0 Å². The molecule has 2 N–H and O–H groups in total. The van der Waals surface area contributed by atoms with E-state index < -0.39 is 0 Å². The molecule has 1 amide bonds. The zero-order chi connectivity index (χ0) is 22.2. The van der Waals surface area contributed by atoms with Crippen LogP contribution in [-0.4, -0.2) is 63.5 Å². The van der Waals surface area contributed by atoms with E-state index in [1.165, 1.54) is 0 Å². The van der Waals surface area contributed by atoms with Gasteiger partial charge >= 0.3 is 0 Å². The molecule has 8 heteroatoms. The number of fused-ring (bicyclic) bond motifs is 3. The van der Waals surface area contributed by atoms with Gasteiger partial charge in [-0.2, -0.15) is 0 Å². The molecule has 32 heavy (non-hydrogen) atoms. The maximum absolute atomic E-state index is 13.9. The molecule has 1 aromatic carbocycles. The van der Waals surface area contributed by atoms with E-state index in [0.717, 1.165) is 48.3 Å². The molecule has 168 valence electrons. The van der Waals surface area contributed by atoms with Gasteiger partial charge in [-0.25, -0.2) is 9.97 Å². The van der Waals surface area contributed by atoms with Gasteiger partial charge in [-0.15, -0.1) is 0 Å². The maximum Gasteiger partial charge on any atom is 0.232 e. The van der Waals surface area contributed by atoms with Crippen LogP contribution in [0.5, 0.6) is 0 Å². The highest BCUT2D eigenvalue weighted by atomic mass is 35.5. The minimum absolute atomic E-state index is 0.194. The highest BCUT2D eigenvalue weighted by Gasteiger charge is 2.45. The summed E-state index contributed by atoms with van der Waals surface area (Å²) in [4.78, 5) is 30.4. The number of benzene rings is 1. The van der Waals surface area contributed by atoms with Crippen molar-refractivity contribution in [2.45, 2.75) is 50.7 Å². The molecule has 2 aliphatic heterocycles. The lowest BCUT2D eigenvalue weighted by Crippen LogP contribution is -2.57. The molecule has 7 nitrogen and oxygen atoms in total. The number of nitrogens with one attached hydrogen (secondary N) is 2. The summed E-state index contributed by atoms with van der Waals surface area (Å²) in [6, 6.07) is 10.4. The van der Waals surface area contributed by atoms with E-state index in [1.54, 1.807) is 6.33 Å². The minimum Gasteiger partial charge on any atom is -0.352 e. The Bertz CT molecular complexity index is 1080. The van der Waals surface area contributed by atoms with Crippen LogP contribution < -0.4 is 10.2 Å². The van der Waals surface area contributed by atoms with Crippen molar-refractivity contribution in [1.82, 2.24) is 25.2 Å². The van der Waals surface area contributed by atoms with E-state index in [0.29, 0.717) is 17.6 Å². The fraction of sp³-hybridized carbons (Fsp3) is 0.458. The number of hydrogen-bond donors (Lipinski definition) is 2. The van der Waals surface area contributed by atoms with Gasteiger partial charge in [0.1, 0.15) is 17.8 Å². The van der Waals surface area contributed by atoms with Crippen molar-refractivity contribution in [3.8, 4) is 0 Å². The van der Waals surface area contributed by atoms with Crippen molar-refractivity contribution in [3.05, 3.63) is 53.4 Å². The topological polar surface area (TPSA) is 77.2 Å². The predicted octanol–water partition coefficient (Wildman–Crippen LogP) is 3.57. The number of rotatable bonds is 6. The van der Waals surface area contributed by atoms with E-state index >= 15 is 0 Å². The average Bonchev–Trinajstić information content (AvgIpc) is 3.36. The number of H-pyrrole nitrogens is 1. The zero-order valence-corrected chi connectivity index (χ0v) is 19.2. The minimum atomic E-state index is -0.222. The van der Waals surface area contributed by atoms with Crippen LogP contribution in [-0.2, 0) is 4.79 Å². The molecule has 5 rings (SSSR count). The maximum atomic E-state index is 13.9. The van der Waals surface area contributed by atoms with Gasteiger partial charge in [0.05, 0.1) is 11.3 Å². The molecule has 3 atom stereocenters. The largest absolute Gasteiger partial charge is 0.352 e. The highest BCUT2D eigenvalue weighted by molar-refractivity contribution is 6.30. The first-order valence-corrected chi connectivity index (χ1v) is 11.7. The molecule has 0 radical (unpaired) electrons. The molecule has 2 bridgehead atoms. The van der Waals surface area contributed by atoms with Gasteiger partial charge in [-0.05, 0) is 36.6 Å². The SMILES string of the molecule is CC(C)NCC(C(=O)N1C2CCC1CN(c1ncnc3[nH]ccc13)C2)c1ccc(Cl)cc1. The van der Waals surface area contributed by atoms with Gasteiger partial charge in [0.15, 0.2) is 0 Å². The van der Waals surface area contributed by atoms with Crippen molar-refractivity contribution in [1.29, 1.82) is 0 Å². The quantitative estimate of drug-likeness (QED) is 0.597. The molecule has 2 aliphatic rings. The fourth-order valence-electron chi connectivity index (χ4n) is 5.12. The Morgan fingerprint density at radius 2 is 1.88 bits per heavy atom. The first-order chi connectivity index (χ1) is 15.5. The first kappa shape index (κ1) is 21.2. The lowest BCUT2D eigenvalue weighted by Gasteiger charge is -2.43. The second kappa shape index (κ2) is 8.71. The Morgan fingerprint density at radius 1 is 1.16 bits per heavy atom. The van der Waals surface area contributed by atoms with Gasteiger partial charge in [-0.3, -0.25) is 4.79 Å². The number of carbonyl (C=O) groups is 1. The predicted molar refractivity (Wildman–Crippen MR) is 127 cm³/mol. The smallest absolute Gasteiger partial charge is 0.232 e. The number of anilines is 1. The molecule has 4 heterocycles. The molecule has 3 unspecified atom stereocenters. The van der Waals surface area contributed by atoms with Gasteiger partial charge < -0.3 is 20.1 Å². The Kier molecular flexibility index (Phi) is 5.78. The third-order valence-corrected chi connectivity index (χ3v) is 6.92. The van der Waals surface area contributed by atoms with E-state index in [2.05, 4.69) is 43.9 Å². The Morgan fingerprint density at radius 3 is 2.56 bits per heavy atom. The molecule has 0 aliphatic carbocycles. The number of halogens is 1.